The summed E-state index contributed by atoms with van der Waals surface area (Å²) < 4.78 is 9.47. The number of imidazole rings is 1. The fraction of sp³-hybridized carbons (Fsp3) is 0.389. The van der Waals surface area contributed by atoms with Gasteiger partial charge in [-0.05, 0) is 13.0 Å². The van der Waals surface area contributed by atoms with Crippen molar-refractivity contribution < 1.29 is 9.53 Å². The predicted octanol–water partition coefficient (Wildman–Crippen LogP) is 2.00. The van der Waals surface area contributed by atoms with Crippen LogP contribution in [-0.2, 0) is 18.3 Å². The molecular formula is C18H21N5O2. The molecule has 1 atom stereocenters. The van der Waals surface area contributed by atoms with Crippen LogP contribution in [0.2, 0.25) is 0 Å². The van der Waals surface area contributed by atoms with Crippen LogP contribution >= 0.6 is 0 Å². The van der Waals surface area contributed by atoms with Crippen LogP contribution in [0.25, 0.3) is 10.9 Å². The Hall–Kier alpha value is -2.67. The Bertz CT molecular complexity index is 913. The van der Waals surface area contributed by atoms with Gasteiger partial charge >= 0.3 is 0 Å². The molecule has 0 N–H and O–H groups in total. The van der Waals surface area contributed by atoms with E-state index >= 15 is 0 Å². The summed E-state index contributed by atoms with van der Waals surface area (Å²) in [6.45, 7) is 4.31. The average Bonchev–Trinajstić information content (AvgIpc) is 3.24. The van der Waals surface area contributed by atoms with Crippen LogP contribution in [0.1, 0.15) is 29.1 Å². The minimum absolute atomic E-state index is 0.0502. The smallest absolute Gasteiger partial charge is 0.275 e. The van der Waals surface area contributed by atoms with E-state index in [1.54, 1.807) is 4.68 Å². The van der Waals surface area contributed by atoms with Crippen LogP contribution < -0.4 is 0 Å². The lowest BCUT2D eigenvalue weighted by molar-refractivity contribution is 0.0541. The minimum Gasteiger partial charge on any atom is -0.380 e. The monoisotopic (exact) mass is 339 g/mol. The fourth-order valence-electron chi connectivity index (χ4n) is 3.45. The van der Waals surface area contributed by atoms with Crippen molar-refractivity contribution in [2.24, 2.45) is 7.05 Å². The minimum atomic E-state index is -0.0502. The first-order chi connectivity index (χ1) is 12.2. The first kappa shape index (κ1) is 15.8. The zero-order valence-electron chi connectivity index (χ0n) is 14.4. The molecule has 0 aliphatic carbocycles. The largest absolute Gasteiger partial charge is 0.380 e. The Morgan fingerprint density at radius 3 is 3.04 bits per heavy atom. The van der Waals surface area contributed by atoms with E-state index in [2.05, 4.69) is 14.6 Å². The first-order valence-electron chi connectivity index (χ1n) is 8.48. The molecular weight excluding hydrogens is 318 g/mol. The van der Waals surface area contributed by atoms with Gasteiger partial charge in [-0.1, -0.05) is 18.2 Å². The van der Waals surface area contributed by atoms with Crippen molar-refractivity contribution in [3.8, 4) is 0 Å². The molecule has 1 aromatic carbocycles. The summed E-state index contributed by atoms with van der Waals surface area (Å²) in [5.41, 5.74) is 2.48. The van der Waals surface area contributed by atoms with Crippen molar-refractivity contribution >= 4 is 16.8 Å². The van der Waals surface area contributed by atoms with Crippen LogP contribution in [0.4, 0.5) is 0 Å². The Kier molecular flexibility index (Phi) is 4.01. The van der Waals surface area contributed by atoms with Crippen molar-refractivity contribution in [3.63, 3.8) is 0 Å². The molecule has 7 heteroatoms. The zero-order chi connectivity index (χ0) is 17.4. The molecule has 130 valence electrons. The molecule has 3 aromatic rings. The molecule has 0 spiro atoms. The molecule has 2 aromatic heterocycles. The summed E-state index contributed by atoms with van der Waals surface area (Å²) in [5, 5.41) is 5.35. The lowest BCUT2D eigenvalue weighted by Crippen LogP contribution is -2.42. The SMILES string of the molecule is CCOC[C@H]1CN(C(=O)c2nn(C)c3ccccc23)Cc2cncn21. The molecule has 0 unspecified atom stereocenters. The number of hydrogen-bond acceptors (Lipinski definition) is 4. The number of aromatic nitrogens is 4. The van der Waals surface area contributed by atoms with E-state index in [1.807, 2.05) is 55.7 Å². The van der Waals surface area contributed by atoms with E-state index in [9.17, 15) is 4.79 Å². The molecule has 4 rings (SSSR count). The van der Waals surface area contributed by atoms with E-state index in [0.29, 0.717) is 32.0 Å². The van der Waals surface area contributed by atoms with Crippen LogP contribution in [0.3, 0.4) is 0 Å². The molecule has 1 amide bonds. The third-order valence-corrected chi connectivity index (χ3v) is 4.69. The topological polar surface area (TPSA) is 65.2 Å². The van der Waals surface area contributed by atoms with Gasteiger partial charge in [0.2, 0.25) is 0 Å². The number of benzene rings is 1. The van der Waals surface area contributed by atoms with Crippen molar-refractivity contribution in [2.75, 3.05) is 19.8 Å². The maximum absolute atomic E-state index is 13.2. The van der Waals surface area contributed by atoms with Gasteiger partial charge in [-0.15, -0.1) is 0 Å². The standard InChI is InChI=1S/C18H21N5O2/c1-3-25-11-14-10-22(9-13-8-19-12-23(13)14)18(24)17-15-6-4-5-7-16(15)21(2)20-17/h4-8,12,14H,3,9-11H2,1-2H3/t14-/m1/s1. The number of nitrogens with zero attached hydrogens (tertiary/aromatic N) is 5. The molecule has 3 heterocycles. The van der Waals surface area contributed by atoms with Gasteiger partial charge in [-0.25, -0.2) is 4.98 Å². The molecule has 1 aliphatic heterocycles. The molecule has 0 fully saturated rings. The van der Waals surface area contributed by atoms with Crippen LogP contribution in [0, 0.1) is 0 Å². The lowest BCUT2D eigenvalue weighted by Gasteiger charge is -2.34. The number of hydrogen-bond donors (Lipinski definition) is 0. The summed E-state index contributed by atoms with van der Waals surface area (Å²) in [6, 6.07) is 7.88. The Morgan fingerprint density at radius 1 is 1.36 bits per heavy atom. The van der Waals surface area contributed by atoms with Gasteiger partial charge in [0.15, 0.2) is 5.69 Å². The Balaban J connectivity index is 1.66. The summed E-state index contributed by atoms with van der Waals surface area (Å²) in [5.74, 6) is -0.0502. The van der Waals surface area contributed by atoms with E-state index in [4.69, 9.17) is 4.74 Å². The highest BCUT2D eigenvalue weighted by molar-refractivity contribution is 6.04. The molecule has 1 aliphatic rings. The van der Waals surface area contributed by atoms with Crippen molar-refractivity contribution in [1.82, 2.24) is 24.2 Å². The normalized spacial score (nSPS) is 17.0. The maximum atomic E-state index is 13.2. The highest BCUT2D eigenvalue weighted by Gasteiger charge is 2.30. The van der Waals surface area contributed by atoms with E-state index < -0.39 is 0 Å². The maximum Gasteiger partial charge on any atom is 0.275 e. The van der Waals surface area contributed by atoms with Crippen LogP contribution in [0.5, 0.6) is 0 Å². The number of carbonyl (C=O) groups excluding carboxylic acids is 1. The number of rotatable bonds is 4. The fourth-order valence-corrected chi connectivity index (χ4v) is 3.45. The second kappa shape index (κ2) is 6.33. The summed E-state index contributed by atoms with van der Waals surface area (Å²) in [7, 11) is 1.86. The third kappa shape index (κ3) is 2.70. The zero-order valence-corrected chi connectivity index (χ0v) is 14.4. The average molecular weight is 339 g/mol. The first-order valence-corrected chi connectivity index (χ1v) is 8.48. The molecule has 25 heavy (non-hydrogen) atoms. The van der Waals surface area contributed by atoms with Crippen molar-refractivity contribution in [3.05, 3.63) is 48.2 Å². The molecule has 7 nitrogen and oxygen atoms in total. The number of amides is 1. The quantitative estimate of drug-likeness (QED) is 0.729. The van der Waals surface area contributed by atoms with Crippen LogP contribution in [-0.4, -0.2) is 49.9 Å². The number of para-hydroxylation sites is 1. The molecule has 0 bridgehead atoms. The highest BCUT2D eigenvalue weighted by atomic mass is 16.5. The molecule has 0 radical (unpaired) electrons. The second-order valence-electron chi connectivity index (χ2n) is 6.28. The molecule has 0 saturated carbocycles. The Labute approximate surface area is 145 Å². The summed E-state index contributed by atoms with van der Waals surface area (Å²) in [4.78, 5) is 19.2. The molecule has 0 saturated heterocycles. The number of aryl methyl sites for hydroxylation is 1. The summed E-state index contributed by atoms with van der Waals surface area (Å²) >= 11 is 0. The van der Waals surface area contributed by atoms with Gasteiger partial charge < -0.3 is 14.2 Å². The third-order valence-electron chi connectivity index (χ3n) is 4.69. The Morgan fingerprint density at radius 2 is 2.20 bits per heavy atom. The summed E-state index contributed by atoms with van der Waals surface area (Å²) in [6.07, 6.45) is 3.63. The van der Waals surface area contributed by atoms with E-state index in [0.717, 1.165) is 16.6 Å². The predicted molar refractivity (Wildman–Crippen MR) is 93.2 cm³/mol. The van der Waals surface area contributed by atoms with Crippen molar-refractivity contribution in [1.29, 1.82) is 0 Å². The second-order valence-corrected chi connectivity index (χ2v) is 6.28. The van der Waals surface area contributed by atoms with Crippen molar-refractivity contribution in [2.45, 2.75) is 19.5 Å². The van der Waals surface area contributed by atoms with Gasteiger partial charge in [0.25, 0.3) is 5.91 Å². The lowest BCUT2D eigenvalue weighted by atomic mass is 10.1. The van der Waals surface area contributed by atoms with Crippen LogP contribution in [0.15, 0.2) is 36.8 Å². The van der Waals surface area contributed by atoms with Gasteiger partial charge in [-0.2, -0.15) is 5.10 Å². The van der Waals surface area contributed by atoms with Gasteiger partial charge in [-0.3, -0.25) is 9.48 Å². The number of fused-ring (bicyclic) bond motifs is 2. The van der Waals surface area contributed by atoms with Gasteiger partial charge in [0.1, 0.15) is 0 Å². The van der Waals surface area contributed by atoms with Gasteiger partial charge in [0.05, 0.1) is 36.7 Å². The van der Waals surface area contributed by atoms with E-state index in [-0.39, 0.29) is 11.9 Å². The number of ether oxygens (including phenoxy) is 1. The number of carbonyl (C=O) groups is 1. The van der Waals surface area contributed by atoms with Gasteiger partial charge in [0, 0.05) is 31.8 Å². The highest BCUT2D eigenvalue weighted by Crippen LogP contribution is 2.25. The van der Waals surface area contributed by atoms with E-state index in [1.165, 1.54) is 0 Å².